The van der Waals surface area contributed by atoms with Gasteiger partial charge in [0.25, 0.3) is 5.91 Å². The van der Waals surface area contributed by atoms with Crippen LogP contribution >= 0.6 is 0 Å². The molecule has 0 fully saturated rings. The highest BCUT2D eigenvalue weighted by Crippen LogP contribution is 2.25. The van der Waals surface area contributed by atoms with Crippen molar-refractivity contribution in [3.05, 3.63) is 35.2 Å². The first-order valence-electron chi connectivity index (χ1n) is 8.02. The molecule has 1 aliphatic rings. The van der Waals surface area contributed by atoms with Gasteiger partial charge in [0.2, 0.25) is 11.9 Å². The highest BCUT2D eigenvalue weighted by atomic mass is 16.2. The molecule has 25 heavy (non-hydrogen) atoms. The lowest BCUT2D eigenvalue weighted by Crippen LogP contribution is -2.37. The topological polar surface area (TPSA) is 92.5 Å². The van der Waals surface area contributed by atoms with E-state index in [2.05, 4.69) is 20.5 Å². The minimum absolute atomic E-state index is 0.125. The van der Waals surface area contributed by atoms with Crippen LogP contribution in [0.5, 0.6) is 0 Å². The number of carbonyl (C=O) groups is 2. The smallest absolute Gasteiger partial charge is 0.274 e. The number of carbonyl (C=O) groups excluding carboxylic acids is 2. The summed E-state index contributed by atoms with van der Waals surface area (Å²) in [5.41, 5.74) is 2.94. The molecule has 0 aliphatic carbocycles. The van der Waals surface area contributed by atoms with Gasteiger partial charge in [-0.1, -0.05) is 12.1 Å². The molecule has 0 bridgehead atoms. The quantitative estimate of drug-likeness (QED) is 0.923. The Morgan fingerprint density at radius 3 is 2.64 bits per heavy atom. The van der Waals surface area contributed by atoms with Gasteiger partial charge in [0.15, 0.2) is 0 Å². The third-order valence-corrected chi connectivity index (χ3v) is 3.98. The van der Waals surface area contributed by atoms with Gasteiger partial charge in [0, 0.05) is 19.9 Å². The maximum atomic E-state index is 12.5. The average molecular weight is 340 g/mol. The van der Waals surface area contributed by atoms with Crippen molar-refractivity contribution in [2.24, 2.45) is 12.1 Å². The molecule has 8 nitrogen and oxygen atoms in total. The molecule has 0 unspecified atom stereocenters. The molecule has 2 amide bonds. The van der Waals surface area contributed by atoms with E-state index in [9.17, 15) is 9.59 Å². The van der Waals surface area contributed by atoms with Gasteiger partial charge >= 0.3 is 0 Å². The number of hydrogen-bond acceptors (Lipinski definition) is 5. The summed E-state index contributed by atoms with van der Waals surface area (Å²) < 4.78 is 1.49. The van der Waals surface area contributed by atoms with E-state index in [1.54, 1.807) is 14.0 Å². The van der Waals surface area contributed by atoms with Crippen molar-refractivity contribution in [3.8, 4) is 0 Å². The number of aromatic nitrogens is 3. The van der Waals surface area contributed by atoms with Gasteiger partial charge in [-0.05, 0) is 38.0 Å². The molecule has 3 rings (SSSR count). The number of amides is 2. The van der Waals surface area contributed by atoms with Gasteiger partial charge in [-0.15, -0.1) is 0 Å². The number of aryl methyl sites for hydroxylation is 4. The fourth-order valence-corrected chi connectivity index (χ4v) is 2.65. The highest BCUT2D eigenvalue weighted by molar-refractivity contribution is 6.44. The Balaban J connectivity index is 1.89. The maximum absolute atomic E-state index is 12.5. The first-order valence-corrected chi connectivity index (χ1v) is 8.02. The second-order valence-electron chi connectivity index (χ2n) is 6.10. The number of hydrazone groups is 1. The van der Waals surface area contributed by atoms with E-state index in [0.29, 0.717) is 29.6 Å². The largest absolute Gasteiger partial charge is 0.289 e. The molecule has 0 radical (unpaired) electrons. The van der Waals surface area contributed by atoms with Gasteiger partial charge in [-0.2, -0.15) is 15.2 Å². The second kappa shape index (κ2) is 6.46. The molecule has 0 spiro atoms. The first-order chi connectivity index (χ1) is 11.8. The van der Waals surface area contributed by atoms with Crippen molar-refractivity contribution in [2.75, 3.05) is 10.3 Å². The predicted molar refractivity (Wildman–Crippen MR) is 94.4 cm³/mol. The third-order valence-electron chi connectivity index (χ3n) is 3.98. The van der Waals surface area contributed by atoms with Crippen LogP contribution in [0.25, 0.3) is 0 Å². The van der Waals surface area contributed by atoms with Crippen molar-refractivity contribution < 1.29 is 9.59 Å². The van der Waals surface area contributed by atoms with E-state index in [4.69, 9.17) is 0 Å². The molecule has 0 saturated carbocycles. The van der Waals surface area contributed by atoms with Gasteiger partial charge in [-0.3, -0.25) is 14.9 Å². The van der Waals surface area contributed by atoms with Crippen LogP contribution in [0.4, 0.5) is 11.6 Å². The maximum Gasteiger partial charge on any atom is 0.274 e. The van der Waals surface area contributed by atoms with Crippen LogP contribution < -0.4 is 10.3 Å². The summed E-state index contributed by atoms with van der Waals surface area (Å²) in [5.74, 6) is 0.411. The highest BCUT2D eigenvalue weighted by Gasteiger charge is 2.27. The Kier molecular flexibility index (Phi) is 4.35. The van der Waals surface area contributed by atoms with Crippen LogP contribution in [0.15, 0.2) is 23.3 Å². The standard InChI is InChI=1S/C17H20N6O2/c1-10-5-6-11(2)14(9-10)23-15(24)8-7-13(21-23)16(25)19-17-18-12(3)20-22(17)4/h5-6,9H,7-8H2,1-4H3,(H,18,19,20,25). The number of nitrogens with one attached hydrogen (secondary N) is 1. The zero-order valence-electron chi connectivity index (χ0n) is 14.7. The van der Waals surface area contributed by atoms with Crippen LogP contribution in [0, 0.1) is 20.8 Å². The van der Waals surface area contributed by atoms with Crippen molar-refractivity contribution in [3.63, 3.8) is 0 Å². The van der Waals surface area contributed by atoms with Crippen molar-refractivity contribution in [1.29, 1.82) is 0 Å². The van der Waals surface area contributed by atoms with Crippen LogP contribution in [0.1, 0.15) is 29.8 Å². The summed E-state index contributed by atoms with van der Waals surface area (Å²) in [6.07, 6.45) is 0.528. The minimum Gasteiger partial charge on any atom is -0.289 e. The normalized spacial score (nSPS) is 14.5. The van der Waals surface area contributed by atoms with E-state index in [1.807, 2.05) is 32.0 Å². The second-order valence-corrected chi connectivity index (χ2v) is 6.10. The third kappa shape index (κ3) is 3.42. The number of rotatable bonds is 3. The monoisotopic (exact) mass is 340 g/mol. The first kappa shape index (κ1) is 16.8. The van der Waals surface area contributed by atoms with Crippen LogP contribution in [0.3, 0.4) is 0 Å². The lowest BCUT2D eigenvalue weighted by molar-refractivity contribution is -0.118. The molecular weight excluding hydrogens is 320 g/mol. The molecule has 2 aromatic rings. The Hall–Kier alpha value is -3.03. The molecule has 1 aromatic carbocycles. The van der Waals surface area contributed by atoms with Crippen LogP contribution in [-0.2, 0) is 16.6 Å². The Labute approximate surface area is 145 Å². The Bertz CT molecular complexity index is 883. The van der Waals surface area contributed by atoms with Crippen LogP contribution in [0.2, 0.25) is 0 Å². The Morgan fingerprint density at radius 2 is 1.96 bits per heavy atom. The van der Waals surface area contributed by atoms with E-state index < -0.39 is 0 Å². The number of anilines is 2. The van der Waals surface area contributed by atoms with E-state index >= 15 is 0 Å². The predicted octanol–water partition coefficient (Wildman–Crippen LogP) is 1.86. The number of nitrogens with zero attached hydrogens (tertiary/aromatic N) is 5. The zero-order chi connectivity index (χ0) is 18.1. The molecule has 1 N–H and O–H groups in total. The molecule has 130 valence electrons. The van der Waals surface area contributed by atoms with Crippen molar-refractivity contribution in [1.82, 2.24) is 14.8 Å². The van der Waals surface area contributed by atoms with Crippen molar-refractivity contribution >= 4 is 29.2 Å². The number of benzene rings is 1. The summed E-state index contributed by atoms with van der Waals surface area (Å²) in [6.45, 7) is 5.61. The van der Waals surface area contributed by atoms with Crippen molar-refractivity contribution in [2.45, 2.75) is 33.6 Å². The SMILES string of the molecule is Cc1ccc(C)c(N2N=C(C(=O)Nc3nc(C)nn3C)CCC2=O)c1. The van der Waals surface area contributed by atoms with Gasteiger partial charge in [0.1, 0.15) is 11.5 Å². The van der Waals surface area contributed by atoms with E-state index in [0.717, 1.165) is 11.1 Å². The Morgan fingerprint density at radius 1 is 1.20 bits per heavy atom. The van der Waals surface area contributed by atoms with Gasteiger partial charge in [-0.25, -0.2) is 9.69 Å². The minimum atomic E-state index is -0.377. The summed E-state index contributed by atoms with van der Waals surface area (Å²) in [6, 6.07) is 5.80. The summed E-state index contributed by atoms with van der Waals surface area (Å²) in [5, 5.41) is 12.4. The fourth-order valence-electron chi connectivity index (χ4n) is 2.65. The average Bonchev–Trinajstić information content (AvgIpc) is 2.87. The lowest BCUT2D eigenvalue weighted by Gasteiger charge is -2.24. The summed E-state index contributed by atoms with van der Waals surface area (Å²) >= 11 is 0. The van der Waals surface area contributed by atoms with E-state index in [-0.39, 0.29) is 18.2 Å². The van der Waals surface area contributed by atoms with Gasteiger partial charge < -0.3 is 0 Å². The summed E-state index contributed by atoms with van der Waals surface area (Å²) in [4.78, 5) is 29.0. The molecule has 2 heterocycles. The molecule has 1 aliphatic heterocycles. The van der Waals surface area contributed by atoms with E-state index in [1.165, 1.54) is 9.69 Å². The van der Waals surface area contributed by atoms with Gasteiger partial charge in [0.05, 0.1) is 5.69 Å². The molecule has 0 saturated heterocycles. The molecule has 0 atom stereocenters. The summed E-state index contributed by atoms with van der Waals surface area (Å²) in [7, 11) is 1.70. The number of hydrogen-bond donors (Lipinski definition) is 1. The fraction of sp³-hybridized carbons (Fsp3) is 0.353. The molecule has 1 aromatic heterocycles. The van der Waals surface area contributed by atoms with Crippen LogP contribution in [-0.4, -0.2) is 32.3 Å². The zero-order valence-corrected chi connectivity index (χ0v) is 14.7. The molecular formula is C17H20N6O2. The molecule has 8 heteroatoms. The lowest BCUT2D eigenvalue weighted by atomic mass is 10.1.